The predicted molar refractivity (Wildman–Crippen MR) is 78.6 cm³/mol. The lowest BCUT2D eigenvalue weighted by Crippen LogP contribution is -2.45. The standard InChI is InChI=1S/C15H19N3O2/c1-2-11-9-18(6-7-20-11)15(19)13-8-10-4-3-5-12(16)14(10)17-13/h3-5,8,11,17H,2,6-7,9,16H2,1H3. The second-order valence-corrected chi connectivity index (χ2v) is 5.15. The number of carbonyl (C=O) groups is 1. The van der Waals surface area contributed by atoms with Gasteiger partial charge in [-0.05, 0) is 18.6 Å². The highest BCUT2D eigenvalue weighted by atomic mass is 16.5. The minimum absolute atomic E-state index is 0.0161. The highest BCUT2D eigenvalue weighted by Gasteiger charge is 2.25. The van der Waals surface area contributed by atoms with Gasteiger partial charge in [0, 0.05) is 18.5 Å². The fourth-order valence-corrected chi connectivity index (χ4v) is 2.62. The summed E-state index contributed by atoms with van der Waals surface area (Å²) < 4.78 is 5.60. The molecule has 0 saturated carbocycles. The number of nitrogen functional groups attached to an aromatic ring is 1. The van der Waals surface area contributed by atoms with E-state index in [1.807, 2.05) is 29.2 Å². The Labute approximate surface area is 117 Å². The lowest BCUT2D eigenvalue weighted by atomic mass is 10.2. The number of nitrogens with two attached hydrogens (primary N) is 1. The van der Waals surface area contributed by atoms with Crippen molar-refractivity contribution in [2.45, 2.75) is 19.4 Å². The van der Waals surface area contributed by atoms with E-state index in [0.717, 1.165) is 17.3 Å². The second-order valence-electron chi connectivity index (χ2n) is 5.15. The quantitative estimate of drug-likeness (QED) is 0.822. The first-order chi connectivity index (χ1) is 9.69. The van der Waals surface area contributed by atoms with Crippen LogP contribution in [-0.2, 0) is 4.74 Å². The Morgan fingerprint density at radius 1 is 1.55 bits per heavy atom. The fraction of sp³-hybridized carbons (Fsp3) is 0.400. The van der Waals surface area contributed by atoms with E-state index in [0.29, 0.717) is 31.1 Å². The molecule has 5 heteroatoms. The minimum atomic E-state index is 0.0161. The molecule has 3 rings (SSSR count). The number of hydrogen-bond acceptors (Lipinski definition) is 3. The Morgan fingerprint density at radius 2 is 2.40 bits per heavy atom. The molecule has 0 radical (unpaired) electrons. The van der Waals surface area contributed by atoms with Crippen molar-refractivity contribution in [2.75, 3.05) is 25.4 Å². The molecule has 1 saturated heterocycles. The first kappa shape index (κ1) is 13.0. The highest BCUT2D eigenvalue weighted by molar-refractivity contribution is 6.00. The molecule has 2 aromatic rings. The molecule has 3 N–H and O–H groups in total. The van der Waals surface area contributed by atoms with Gasteiger partial charge >= 0.3 is 0 Å². The Balaban J connectivity index is 1.86. The fourth-order valence-electron chi connectivity index (χ4n) is 2.62. The summed E-state index contributed by atoms with van der Waals surface area (Å²) in [6.07, 6.45) is 1.06. The van der Waals surface area contributed by atoms with E-state index in [4.69, 9.17) is 10.5 Å². The third-order valence-corrected chi connectivity index (χ3v) is 3.80. The van der Waals surface area contributed by atoms with Gasteiger partial charge in [0.1, 0.15) is 5.69 Å². The predicted octanol–water partition coefficient (Wildman–Crippen LogP) is 2.00. The van der Waals surface area contributed by atoms with Crippen LogP contribution in [0.2, 0.25) is 0 Å². The molecule has 1 aromatic heterocycles. The zero-order valence-electron chi connectivity index (χ0n) is 11.6. The molecule has 1 amide bonds. The largest absolute Gasteiger partial charge is 0.397 e. The normalized spacial score (nSPS) is 19.4. The van der Waals surface area contributed by atoms with E-state index in [-0.39, 0.29) is 12.0 Å². The zero-order chi connectivity index (χ0) is 14.1. The lowest BCUT2D eigenvalue weighted by Gasteiger charge is -2.32. The van der Waals surface area contributed by atoms with Gasteiger partial charge in [-0.15, -0.1) is 0 Å². The van der Waals surface area contributed by atoms with Crippen LogP contribution in [0.3, 0.4) is 0 Å². The SMILES string of the molecule is CCC1CN(C(=O)c2cc3cccc(N)c3[nH]2)CCO1. The number of ether oxygens (including phenoxy) is 1. The lowest BCUT2D eigenvalue weighted by molar-refractivity contribution is -0.0227. The monoisotopic (exact) mass is 273 g/mol. The number of para-hydroxylation sites is 1. The summed E-state index contributed by atoms with van der Waals surface area (Å²) >= 11 is 0. The van der Waals surface area contributed by atoms with Gasteiger partial charge in [0.25, 0.3) is 5.91 Å². The Bertz CT molecular complexity index is 635. The minimum Gasteiger partial charge on any atom is -0.397 e. The third kappa shape index (κ3) is 2.25. The summed E-state index contributed by atoms with van der Waals surface area (Å²) in [5.41, 5.74) is 8.00. The molecule has 1 fully saturated rings. The molecule has 1 aliphatic rings. The summed E-state index contributed by atoms with van der Waals surface area (Å²) in [7, 11) is 0. The highest BCUT2D eigenvalue weighted by Crippen LogP contribution is 2.22. The van der Waals surface area contributed by atoms with Gasteiger partial charge in [0.2, 0.25) is 0 Å². The van der Waals surface area contributed by atoms with E-state index in [9.17, 15) is 4.79 Å². The van der Waals surface area contributed by atoms with Gasteiger partial charge < -0.3 is 20.4 Å². The van der Waals surface area contributed by atoms with Crippen molar-refractivity contribution in [1.82, 2.24) is 9.88 Å². The summed E-state index contributed by atoms with van der Waals surface area (Å²) in [6, 6.07) is 7.54. The summed E-state index contributed by atoms with van der Waals surface area (Å²) in [5, 5.41) is 0.966. The second kappa shape index (κ2) is 5.17. The molecular weight excluding hydrogens is 254 g/mol. The number of hydrogen-bond donors (Lipinski definition) is 2. The third-order valence-electron chi connectivity index (χ3n) is 3.80. The molecule has 0 spiro atoms. The van der Waals surface area contributed by atoms with E-state index in [2.05, 4.69) is 11.9 Å². The maximum absolute atomic E-state index is 12.5. The number of anilines is 1. The number of nitrogens with one attached hydrogen (secondary N) is 1. The zero-order valence-corrected chi connectivity index (χ0v) is 11.6. The molecule has 20 heavy (non-hydrogen) atoms. The number of amides is 1. The summed E-state index contributed by atoms with van der Waals surface area (Å²) in [5.74, 6) is 0.0161. The van der Waals surface area contributed by atoms with Crippen molar-refractivity contribution in [3.8, 4) is 0 Å². The van der Waals surface area contributed by atoms with Crippen LogP contribution in [0.15, 0.2) is 24.3 Å². The molecule has 5 nitrogen and oxygen atoms in total. The smallest absolute Gasteiger partial charge is 0.270 e. The Kier molecular flexibility index (Phi) is 3.36. The van der Waals surface area contributed by atoms with Crippen molar-refractivity contribution >= 4 is 22.5 Å². The maximum atomic E-state index is 12.5. The molecule has 106 valence electrons. The van der Waals surface area contributed by atoms with Crippen LogP contribution >= 0.6 is 0 Å². The van der Waals surface area contributed by atoms with Crippen LogP contribution in [0.25, 0.3) is 10.9 Å². The molecule has 1 atom stereocenters. The molecule has 1 unspecified atom stereocenters. The number of aromatic amines is 1. The van der Waals surface area contributed by atoms with E-state index in [1.54, 1.807) is 0 Å². The number of benzene rings is 1. The molecule has 1 aliphatic heterocycles. The van der Waals surface area contributed by atoms with Crippen molar-refractivity contribution in [1.29, 1.82) is 0 Å². The van der Waals surface area contributed by atoms with Crippen molar-refractivity contribution in [2.24, 2.45) is 0 Å². The van der Waals surface area contributed by atoms with Gasteiger partial charge in [-0.25, -0.2) is 0 Å². The first-order valence-corrected chi connectivity index (χ1v) is 6.97. The molecular formula is C15H19N3O2. The summed E-state index contributed by atoms with van der Waals surface area (Å²) in [6.45, 7) is 3.97. The van der Waals surface area contributed by atoms with Crippen molar-refractivity contribution in [3.05, 3.63) is 30.0 Å². The molecule has 0 aliphatic carbocycles. The number of H-pyrrole nitrogens is 1. The van der Waals surface area contributed by atoms with Crippen LogP contribution in [0, 0.1) is 0 Å². The van der Waals surface area contributed by atoms with Gasteiger partial charge in [-0.2, -0.15) is 0 Å². The molecule has 1 aromatic carbocycles. The number of nitrogens with zero attached hydrogens (tertiary/aromatic N) is 1. The van der Waals surface area contributed by atoms with Crippen LogP contribution in [0.1, 0.15) is 23.8 Å². The first-order valence-electron chi connectivity index (χ1n) is 6.97. The maximum Gasteiger partial charge on any atom is 0.270 e. The van der Waals surface area contributed by atoms with Crippen molar-refractivity contribution < 1.29 is 9.53 Å². The average Bonchev–Trinajstić information content (AvgIpc) is 2.92. The number of fused-ring (bicyclic) bond motifs is 1. The van der Waals surface area contributed by atoms with Crippen LogP contribution in [0.4, 0.5) is 5.69 Å². The van der Waals surface area contributed by atoms with Crippen molar-refractivity contribution in [3.63, 3.8) is 0 Å². The van der Waals surface area contributed by atoms with E-state index < -0.39 is 0 Å². The van der Waals surface area contributed by atoms with Crippen LogP contribution in [0.5, 0.6) is 0 Å². The van der Waals surface area contributed by atoms with Gasteiger partial charge in [0.15, 0.2) is 0 Å². The molecule has 2 heterocycles. The van der Waals surface area contributed by atoms with Gasteiger partial charge in [0.05, 0.1) is 23.9 Å². The van der Waals surface area contributed by atoms with Crippen LogP contribution in [-0.4, -0.2) is 41.6 Å². The van der Waals surface area contributed by atoms with Gasteiger partial charge in [-0.3, -0.25) is 4.79 Å². The average molecular weight is 273 g/mol. The number of aromatic nitrogens is 1. The topological polar surface area (TPSA) is 71.3 Å². The van der Waals surface area contributed by atoms with E-state index >= 15 is 0 Å². The summed E-state index contributed by atoms with van der Waals surface area (Å²) in [4.78, 5) is 17.5. The number of carbonyl (C=O) groups excluding carboxylic acids is 1. The van der Waals surface area contributed by atoms with Gasteiger partial charge in [-0.1, -0.05) is 19.1 Å². The molecule has 0 bridgehead atoms. The van der Waals surface area contributed by atoms with Crippen LogP contribution < -0.4 is 5.73 Å². The number of rotatable bonds is 2. The Morgan fingerprint density at radius 3 is 3.15 bits per heavy atom. The Hall–Kier alpha value is -2.01. The number of morpholine rings is 1. The van der Waals surface area contributed by atoms with E-state index in [1.165, 1.54) is 0 Å².